The fraction of sp³-hybridized carbons (Fsp3) is 0.300. The number of hydrogen-bond donors (Lipinski definition) is 1. The van der Waals surface area contributed by atoms with Crippen molar-refractivity contribution in [1.82, 2.24) is 0 Å². The molecule has 0 saturated heterocycles. The van der Waals surface area contributed by atoms with Crippen LogP contribution < -0.4 is 5.73 Å². The molecule has 0 aliphatic heterocycles. The Morgan fingerprint density at radius 2 is 2.00 bits per heavy atom. The predicted octanol–water partition coefficient (Wildman–Crippen LogP) is 3.10. The second kappa shape index (κ2) is 5.64. The number of rotatable bonds is 4. The molecular formula is C10H11Cl2NOS. The van der Waals surface area contributed by atoms with E-state index in [1.54, 1.807) is 25.1 Å². The van der Waals surface area contributed by atoms with E-state index >= 15 is 0 Å². The molecule has 15 heavy (non-hydrogen) atoms. The maximum Gasteiger partial charge on any atom is 0.230 e. The topological polar surface area (TPSA) is 43.1 Å². The van der Waals surface area contributed by atoms with Crippen LogP contribution in [0, 0.1) is 0 Å². The second-order valence-electron chi connectivity index (χ2n) is 3.06. The zero-order valence-electron chi connectivity index (χ0n) is 8.17. The van der Waals surface area contributed by atoms with E-state index in [0.717, 1.165) is 5.56 Å². The SMILES string of the molecule is CC(SCc1c(Cl)cccc1Cl)C(N)=O. The van der Waals surface area contributed by atoms with Gasteiger partial charge in [-0.15, -0.1) is 11.8 Å². The summed E-state index contributed by atoms with van der Waals surface area (Å²) in [6, 6.07) is 5.34. The van der Waals surface area contributed by atoms with Gasteiger partial charge in [0.05, 0.1) is 5.25 Å². The number of halogens is 2. The molecule has 1 atom stereocenters. The fourth-order valence-corrected chi connectivity index (χ4v) is 2.54. The quantitative estimate of drug-likeness (QED) is 0.908. The Morgan fingerprint density at radius 3 is 2.47 bits per heavy atom. The van der Waals surface area contributed by atoms with Crippen molar-refractivity contribution in [2.45, 2.75) is 17.9 Å². The van der Waals surface area contributed by atoms with Crippen molar-refractivity contribution in [1.29, 1.82) is 0 Å². The fourth-order valence-electron chi connectivity index (χ4n) is 0.961. The van der Waals surface area contributed by atoms with E-state index in [1.807, 2.05) is 0 Å². The van der Waals surface area contributed by atoms with E-state index < -0.39 is 0 Å². The Balaban J connectivity index is 2.69. The van der Waals surface area contributed by atoms with Gasteiger partial charge in [-0.1, -0.05) is 29.3 Å². The Morgan fingerprint density at radius 1 is 1.47 bits per heavy atom. The number of nitrogens with two attached hydrogens (primary N) is 1. The molecule has 0 aliphatic carbocycles. The number of thioether (sulfide) groups is 1. The third-order valence-electron chi connectivity index (χ3n) is 1.94. The number of amides is 1. The largest absolute Gasteiger partial charge is 0.369 e. The molecule has 0 bridgehead atoms. The lowest BCUT2D eigenvalue weighted by Crippen LogP contribution is -2.22. The number of carbonyl (C=O) groups is 1. The van der Waals surface area contributed by atoms with Crippen molar-refractivity contribution in [2.24, 2.45) is 5.73 Å². The highest BCUT2D eigenvalue weighted by atomic mass is 35.5. The maximum absolute atomic E-state index is 10.8. The van der Waals surface area contributed by atoms with E-state index in [2.05, 4.69) is 0 Å². The molecule has 1 amide bonds. The molecule has 2 nitrogen and oxygen atoms in total. The molecule has 0 fully saturated rings. The van der Waals surface area contributed by atoms with Crippen LogP contribution in [0.15, 0.2) is 18.2 Å². The summed E-state index contributed by atoms with van der Waals surface area (Å²) in [6.45, 7) is 1.76. The number of benzene rings is 1. The summed E-state index contributed by atoms with van der Waals surface area (Å²) in [6.07, 6.45) is 0. The standard InChI is InChI=1S/C10H11Cl2NOS/c1-6(10(13)14)15-5-7-8(11)3-2-4-9(7)12/h2-4,6H,5H2,1H3,(H2,13,14). The van der Waals surface area contributed by atoms with E-state index in [-0.39, 0.29) is 11.2 Å². The van der Waals surface area contributed by atoms with Gasteiger partial charge in [-0.05, 0) is 24.6 Å². The molecule has 0 spiro atoms. The molecule has 2 N–H and O–H groups in total. The Bertz CT molecular complexity index is 350. The molecule has 0 radical (unpaired) electrons. The first kappa shape index (κ1) is 12.7. The Labute approximate surface area is 103 Å². The zero-order chi connectivity index (χ0) is 11.4. The van der Waals surface area contributed by atoms with Crippen LogP contribution >= 0.6 is 35.0 Å². The Kier molecular flexibility index (Phi) is 4.77. The molecule has 0 heterocycles. The first-order chi connectivity index (χ1) is 7.02. The molecule has 1 aromatic rings. The number of primary amides is 1. The van der Waals surface area contributed by atoms with Crippen LogP contribution in [0.2, 0.25) is 10.0 Å². The summed E-state index contributed by atoms with van der Waals surface area (Å²) in [4.78, 5) is 10.8. The van der Waals surface area contributed by atoms with E-state index in [4.69, 9.17) is 28.9 Å². The van der Waals surface area contributed by atoms with Crippen LogP contribution in [0.4, 0.5) is 0 Å². The molecule has 1 rings (SSSR count). The highest BCUT2D eigenvalue weighted by molar-refractivity contribution is 7.99. The van der Waals surface area contributed by atoms with Crippen LogP contribution in [0.3, 0.4) is 0 Å². The van der Waals surface area contributed by atoms with Crippen LogP contribution in [0.5, 0.6) is 0 Å². The van der Waals surface area contributed by atoms with Gasteiger partial charge in [-0.25, -0.2) is 0 Å². The summed E-state index contributed by atoms with van der Waals surface area (Å²) in [5, 5.41) is 0.996. The molecule has 0 aromatic heterocycles. The van der Waals surface area contributed by atoms with Gasteiger partial charge in [0.25, 0.3) is 0 Å². The number of carbonyl (C=O) groups excluding carboxylic acids is 1. The minimum atomic E-state index is -0.330. The van der Waals surface area contributed by atoms with Crippen molar-refractivity contribution in [2.75, 3.05) is 0 Å². The first-order valence-electron chi connectivity index (χ1n) is 4.36. The lowest BCUT2D eigenvalue weighted by Gasteiger charge is -2.09. The summed E-state index contributed by atoms with van der Waals surface area (Å²) < 4.78 is 0. The molecule has 1 unspecified atom stereocenters. The average Bonchev–Trinajstić information content (AvgIpc) is 2.16. The minimum Gasteiger partial charge on any atom is -0.369 e. The van der Waals surface area contributed by atoms with Crippen LogP contribution in [-0.2, 0) is 10.5 Å². The van der Waals surface area contributed by atoms with E-state index in [0.29, 0.717) is 15.8 Å². The van der Waals surface area contributed by atoms with Gasteiger partial charge >= 0.3 is 0 Å². The predicted molar refractivity (Wildman–Crippen MR) is 66.4 cm³/mol. The molecule has 0 saturated carbocycles. The van der Waals surface area contributed by atoms with Gasteiger partial charge in [-0.2, -0.15) is 0 Å². The smallest absolute Gasteiger partial charge is 0.230 e. The number of hydrogen-bond acceptors (Lipinski definition) is 2. The third kappa shape index (κ3) is 3.59. The molecule has 0 aliphatic rings. The monoisotopic (exact) mass is 263 g/mol. The van der Waals surface area contributed by atoms with Crippen molar-refractivity contribution >= 4 is 40.9 Å². The van der Waals surface area contributed by atoms with Crippen LogP contribution in [0.1, 0.15) is 12.5 Å². The maximum atomic E-state index is 10.8. The van der Waals surface area contributed by atoms with Crippen molar-refractivity contribution in [3.05, 3.63) is 33.8 Å². The average molecular weight is 264 g/mol. The molecule has 5 heteroatoms. The summed E-state index contributed by atoms with van der Waals surface area (Å²) in [7, 11) is 0. The molecular weight excluding hydrogens is 253 g/mol. The van der Waals surface area contributed by atoms with Gasteiger partial charge in [0, 0.05) is 15.8 Å². The van der Waals surface area contributed by atoms with Gasteiger partial charge < -0.3 is 5.73 Å². The molecule has 1 aromatic carbocycles. The minimum absolute atomic E-state index is 0.239. The summed E-state index contributed by atoms with van der Waals surface area (Å²) in [5.41, 5.74) is 6.00. The van der Waals surface area contributed by atoms with Gasteiger partial charge in [0.15, 0.2) is 0 Å². The lowest BCUT2D eigenvalue weighted by atomic mass is 10.2. The van der Waals surface area contributed by atoms with Crippen molar-refractivity contribution in [3.63, 3.8) is 0 Å². The molecule has 82 valence electrons. The zero-order valence-corrected chi connectivity index (χ0v) is 10.5. The highest BCUT2D eigenvalue weighted by Crippen LogP contribution is 2.29. The van der Waals surface area contributed by atoms with Gasteiger partial charge in [0.1, 0.15) is 0 Å². The van der Waals surface area contributed by atoms with Gasteiger partial charge in [0.2, 0.25) is 5.91 Å². The van der Waals surface area contributed by atoms with E-state index in [1.165, 1.54) is 11.8 Å². The normalized spacial score (nSPS) is 12.5. The Hall–Kier alpha value is -0.380. The van der Waals surface area contributed by atoms with Crippen molar-refractivity contribution < 1.29 is 4.79 Å². The third-order valence-corrected chi connectivity index (χ3v) is 3.84. The van der Waals surface area contributed by atoms with Crippen LogP contribution in [-0.4, -0.2) is 11.2 Å². The van der Waals surface area contributed by atoms with Gasteiger partial charge in [-0.3, -0.25) is 4.79 Å². The highest BCUT2D eigenvalue weighted by Gasteiger charge is 2.12. The van der Waals surface area contributed by atoms with Crippen LogP contribution in [0.25, 0.3) is 0 Å². The second-order valence-corrected chi connectivity index (χ2v) is 5.20. The summed E-state index contributed by atoms with van der Waals surface area (Å²) in [5.74, 6) is 0.256. The lowest BCUT2D eigenvalue weighted by molar-refractivity contribution is -0.117. The van der Waals surface area contributed by atoms with E-state index in [9.17, 15) is 4.79 Å². The van der Waals surface area contributed by atoms with Crippen molar-refractivity contribution in [3.8, 4) is 0 Å². The first-order valence-corrected chi connectivity index (χ1v) is 6.16. The summed E-state index contributed by atoms with van der Waals surface area (Å²) >= 11 is 13.4.